The molecular formula is C27H31BrN4O5. The first-order chi connectivity index (χ1) is 17.6. The van der Waals surface area contributed by atoms with E-state index in [1.807, 2.05) is 32.9 Å². The quantitative estimate of drug-likeness (QED) is 0.184. The van der Waals surface area contributed by atoms with Gasteiger partial charge in [0.25, 0.3) is 5.56 Å². The van der Waals surface area contributed by atoms with E-state index in [9.17, 15) is 14.9 Å². The summed E-state index contributed by atoms with van der Waals surface area (Å²) in [5.74, 6) is 1.02. The van der Waals surface area contributed by atoms with Gasteiger partial charge in [0.05, 0.1) is 35.8 Å². The average Bonchev–Trinajstić information content (AvgIpc) is 2.86. The molecule has 196 valence electrons. The summed E-state index contributed by atoms with van der Waals surface area (Å²) in [7, 11) is 1.43. The smallest absolute Gasteiger partial charge is 0.315 e. The number of aromatic nitrogens is 2. The molecule has 1 fully saturated rings. The molecule has 1 saturated carbocycles. The Morgan fingerprint density at radius 2 is 1.95 bits per heavy atom. The van der Waals surface area contributed by atoms with Crippen LogP contribution in [-0.2, 0) is 0 Å². The third kappa shape index (κ3) is 6.18. The van der Waals surface area contributed by atoms with Crippen molar-refractivity contribution < 1.29 is 14.4 Å². The van der Waals surface area contributed by atoms with Crippen LogP contribution in [-0.4, -0.2) is 34.5 Å². The van der Waals surface area contributed by atoms with Gasteiger partial charge in [-0.1, -0.05) is 56.0 Å². The van der Waals surface area contributed by atoms with Gasteiger partial charge in [0, 0.05) is 22.0 Å². The molecule has 0 saturated heterocycles. The molecule has 4 rings (SSSR count). The summed E-state index contributed by atoms with van der Waals surface area (Å²) in [4.78, 5) is 29.7. The van der Waals surface area contributed by atoms with Crippen molar-refractivity contribution in [2.45, 2.75) is 58.8 Å². The Morgan fingerprint density at radius 3 is 2.59 bits per heavy atom. The molecule has 1 heterocycles. The lowest BCUT2D eigenvalue weighted by Gasteiger charge is -2.22. The molecule has 1 aliphatic rings. The van der Waals surface area contributed by atoms with Gasteiger partial charge in [-0.3, -0.25) is 14.9 Å². The topological polar surface area (TPSA) is 109 Å². The Kier molecular flexibility index (Phi) is 7.96. The number of methoxy groups -OCH3 is 1. The van der Waals surface area contributed by atoms with Crippen LogP contribution in [0, 0.1) is 15.5 Å². The van der Waals surface area contributed by atoms with Crippen LogP contribution in [0.5, 0.6) is 11.5 Å². The summed E-state index contributed by atoms with van der Waals surface area (Å²) >= 11 is 3.43. The van der Waals surface area contributed by atoms with E-state index in [4.69, 9.17) is 14.5 Å². The van der Waals surface area contributed by atoms with Crippen LogP contribution in [0.25, 0.3) is 10.9 Å². The summed E-state index contributed by atoms with van der Waals surface area (Å²) in [6.45, 7) is 6.20. The number of nitro groups is 1. The van der Waals surface area contributed by atoms with E-state index in [0.29, 0.717) is 22.3 Å². The molecule has 0 bridgehead atoms. The van der Waals surface area contributed by atoms with Gasteiger partial charge >= 0.3 is 5.69 Å². The zero-order valence-corrected chi connectivity index (χ0v) is 23.1. The molecule has 0 unspecified atom stereocenters. The minimum Gasteiger partial charge on any atom is -0.493 e. The second-order valence-electron chi connectivity index (χ2n) is 10.5. The van der Waals surface area contributed by atoms with E-state index in [1.165, 1.54) is 24.1 Å². The fourth-order valence-electron chi connectivity index (χ4n) is 4.43. The van der Waals surface area contributed by atoms with Gasteiger partial charge < -0.3 is 9.47 Å². The molecule has 2 aromatic carbocycles. The lowest BCUT2D eigenvalue weighted by molar-refractivity contribution is -0.386. The van der Waals surface area contributed by atoms with E-state index in [0.717, 1.165) is 36.6 Å². The van der Waals surface area contributed by atoms with E-state index in [1.54, 1.807) is 12.1 Å². The molecular weight excluding hydrogens is 540 g/mol. The highest BCUT2D eigenvalue weighted by molar-refractivity contribution is 9.10. The number of rotatable bonds is 7. The third-order valence-corrected chi connectivity index (χ3v) is 6.74. The summed E-state index contributed by atoms with van der Waals surface area (Å²) in [6.07, 6.45) is 6.61. The van der Waals surface area contributed by atoms with Crippen molar-refractivity contribution in [3.63, 3.8) is 0 Å². The van der Waals surface area contributed by atoms with Gasteiger partial charge in [0.1, 0.15) is 5.82 Å². The van der Waals surface area contributed by atoms with Crippen LogP contribution in [0.1, 0.15) is 70.2 Å². The van der Waals surface area contributed by atoms with E-state index in [2.05, 4.69) is 21.0 Å². The highest BCUT2D eigenvalue weighted by Crippen LogP contribution is 2.39. The Balaban J connectivity index is 1.81. The number of nitrogens with zero attached hydrogens (tertiary/aromatic N) is 4. The third-order valence-electron chi connectivity index (χ3n) is 6.25. The summed E-state index contributed by atoms with van der Waals surface area (Å²) in [6, 6.07) is 8.41. The molecule has 0 aliphatic heterocycles. The monoisotopic (exact) mass is 570 g/mol. The lowest BCUT2D eigenvalue weighted by Crippen LogP contribution is -2.25. The SMILES string of the molecule is COc1cc(C=Nn2c(C3CCCCC3)nc3ccc(Br)cc3c2=O)cc([N+](=O)[O-])c1OCC(C)(C)C. The highest BCUT2D eigenvalue weighted by Gasteiger charge is 2.25. The number of hydrogen-bond acceptors (Lipinski definition) is 7. The summed E-state index contributed by atoms with van der Waals surface area (Å²) < 4.78 is 13.3. The van der Waals surface area contributed by atoms with Crippen molar-refractivity contribution in [2.24, 2.45) is 10.5 Å². The highest BCUT2D eigenvalue weighted by atomic mass is 79.9. The number of fused-ring (bicyclic) bond motifs is 1. The predicted molar refractivity (Wildman–Crippen MR) is 147 cm³/mol. The average molecular weight is 571 g/mol. The minimum atomic E-state index is -0.507. The van der Waals surface area contributed by atoms with Crippen molar-refractivity contribution in [3.8, 4) is 11.5 Å². The van der Waals surface area contributed by atoms with Crippen LogP contribution in [0.3, 0.4) is 0 Å². The molecule has 1 aliphatic carbocycles. The van der Waals surface area contributed by atoms with Crippen molar-refractivity contribution in [1.82, 2.24) is 9.66 Å². The Bertz CT molecular complexity index is 1400. The molecule has 1 aromatic heterocycles. The number of hydrogen-bond donors (Lipinski definition) is 0. The van der Waals surface area contributed by atoms with E-state index >= 15 is 0 Å². The largest absolute Gasteiger partial charge is 0.493 e. The van der Waals surface area contributed by atoms with Crippen molar-refractivity contribution >= 4 is 38.7 Å². The van der Waals surface area contributed by atoms with Crippen molar-refractivity contribution in [2.75, 3.05) is 13.7 Å². The van der Waals surface area contributed by atoms with E-state index < -0.39 is 4.92 Å². The fraction of sp³-hybridized carbons (Fsp3) is 0.444. The number of benzene rings is 2. The normalized spacial score (nSPS) is 14.8. The zero-order chi connectivity index (χ0) is 26.7. The molecule has 9 nitrogen and oxygen atoms in total. The standard InChI is InChI=1S/C27H31BrN4O5/c1-27(2,3)16-37-24-22(32(34)35)12-17(13-23(24)36-4)15-29-31-25(18-8-6-5-7-9-18)30-21-11-10-19(28)14-20(21)26(31)33/h10-15,18H,5-9,16H2,1-4H3. The first-order valence-corrected chi connectivity index (χ1v) is 13.1. The molecule has 0 amide bonds. The molecule has 3 aromatic rings. The van der Waals surface area contributed by atoms with Crippen LogP contribution in [0.15, 0.2) is 44.7 Å². The Labute approximate surface area is 223 Å². The van der Waals surface area contributed by atoms with Crippen LogP contribution in [0.4, 0.5) is 5.69 Å². The van der Waals surface area contributed by atoms with Gasteiger partial charge in [-0.15, -0.1) is 0 Å². The molecule has 0 atom stereocenters. The van der Waals surface area contributed by atoms with Crippen molar-refractivity contribution in [3.05, 3.63) is 66.7 Å². The fourth-order valence-corrected chi connectivity index (χ4v) is 4.79. The van der Waals surface area contributed by atoms with E-state index in [-0.39, 0.29) is 40.7 Å². The van der Waals surface area contributed by atoms with Crippen LogP contribution < -0.4 is 15.0 Å². The van der Waals surface area contributed by atoms with Crippen LogP contribution >= 0.6 is 15.9 Å². The van der Waals surface area contributed by atoms with Gasteiger partial charge in [0.2, 0.25) is 5.75 Å². The lowest BCUT2D eigenvalue weighted by atomic mass is 9.88. The summed E-state index contributed by atoms with van der Waals surface area (Å²) in [5, 5.41) is 16.8. The number of ether oxygens (including phenoxy) is 2. The predicted octanol–water partition coefficient (Wildman–Crippen LogP) is 6.43. The van der Waals surface area contributed by atoms with Gasteiger partial charge in [0.15, 0.2) is 5.75 Å². The molecule has 0 spiro atoms. The maximum Gasteiger partial charge on any atom is 0.315 e. The minimum absolute atomic E-state index is 0.0665. The molecule has 0 N–H and O–H groups in total. The second kappa shape index (κ2) is 11.0. The van der Waals surface area contributed by atoms with Gasteiger partial charge in [-0.2, -0.15) is 9.78 Å². The Hall–Kier alpha value is -3.27. The summed E-state index contributed by atoms with van der Waals surface area (Å²) in [5.41, 5.74) is 0.314. The maximum absolute atomic E-state index is 13.5. The Morgan fingerprint density at radius 1 is 1.22 bits per heavy atom. The zero-order valence-electron chi connectivity index (χ0n) is 21.5. The van der Waals surface area contributed by atoms with Gasteiger partial charge in [-0.05, 0) is 42.5 Å². The second-order valence-corrected chi connectivity index (χ2v) is 11.4. The molecule has 37 heavy (non-hydrogen) atoms. The van der Waals surface area contributed by atoms with Crippen molar-refractivity contribution in [1.29, 1.82) is 0 Å². The number of halogens is 1. The van der Waals surface area contributed by atoms with Crippen LogP contribution in [0.2, 0.25) is 0 Å². The first kappa shape index (κ1) is 26.8. The first-order valence-electron chi connectivity index (χ1n) is 12.3. The molecule has 10 heteroatoms. The maximum atomic E-state index is 13.5. The molecule has 0 radical (unpaired) electrons. The van der Waals surface area contributed by atoms with Gasteiger partial charge in [-0.25, -0.2) is 4.98 Å². The number of nitro benzene ring substituents is 1.